The molecule has 3 heterocycles. The minimum Gasteiger partial charge on any atom is -0.383 e. The molecule has 0 N–H and O–H groups in total. The van der Waals surface area contributed by atoms with Gasteiger partial charge in [0.2, 0.25) is 0 Å². The van der Waals surface area contributed by atoms with Crippen LogP contribution in [0.5, 0.6) is 0 Å². The van der Waals surface area contributed by atoms with Crippen LogP contribution < -0.4 is 0 Å². The number of hydrogen-bond acceptors (Lipinski definition) is 5. The highest BCUT2D eigenvalue weighted by atomic mass is 16.5. The van der Waals surface area contributed by atoms with Crippen LogP contribution in [-0.4, -0.2) is 75.3 Å². The Morgan fingerprint density at radius 2 is 1.80 bits per heavy atom. The van der Waals surface area contributed by atoms with Crippen molar-refractivity contribution in [2.75, 3.05) is 33.4 Å². The van der Waals surface area contributed by atoms with Crippen molar-refractivity contribution in [2.24, 2.45) is 7.05 Å². The summed E-state index contributed by atoms with van der Waals surface area (Å²) in [5.41, 5.74) is 1.42. The van der Waals surface area contributed by atoms with Crippen molar-refractivity contribution in [3.63, 3.8) is 0 Å². The highest BCUT2D eigenvalue weighted by Gasteiger charge is 2.57. The highest BCUT2D eigenvalue weighted by Crippen LogP contribution is 2.38. The molecule has 30 heavy (non-hydrogen) atoms. The van der Waals surface area contributed by atoms with Gasteiger partial charge >= 0.3 is 6.03 Å². The molecule has 2 aliphatic rings. The third kappa shape index (κ3) is 3.85. The molecular formula is C22H29N5O3. The van der Waals surface area contributed by atoms with E-state index in [0.717, 1.165) is 30.8 Å². The molecule has 8 nitrogen and oxygen atoms in total. The summed E-state index contributed by atoms with van der Waals surface area (Å²) in [6.45, 7) is 3.41. The molecule has 1 aromatic carbocycles. The number of imide groups is 1. The van der Waals surface area contributed by atoms with Crippen LogP contribution in [-0.2, 0) is 29.7 Å². The van der Waals surface area contributed by atoms with Crippen molar-refractivity contribution in [3.8, 4) is 0 Å². The Morgan fingerprint density at radius 3 is 2.43 bits per heavy atom. The number of aryl methyl sites for hydroxylation is 1. The third-order valence-corrected chi connectivity index (χ3v) is 6.17. The molecule has 2 fully saturated rings. The number of piperidine rings is 1. The lowest BCUT2D eigenvalue weighted by atomic mass is 9.85. The number of carbonyl (C=O) groups excluding carboxylic acids is 2. The van der Waals surface area contributed by atoms with Crippen LogP contribution in [0.25, 0.3) is 0 Å². The minimum absolute atomic E-state index is 0.0819. The molecular weight excluding hydrogens is 382 g/mol. The van der Waals surface area contributed by atoms with Crippen LogP contribution in [0.3, 0.4) is 0 Å². The maximum atomic E-state index is 13.4. The summed E-state index contributed by atoms with van der Waals surface area (Å²) >= 11 is 0. The lowest BCUT2D eigenvalue weighted by molar-refractivity contribution is -0.136. The molecule has 160 valence electrons. The van der Waals surface area contributed by atoms with Gasteiger partial charge in [-0.3, -0.25) is 19.3 Å². The van der Waals surface area contributed by atoms with Crippen molar-refractivity contribution < 1.29 is 14.3 Å². The summed E-state index contributed by atoms with van der Waals surface area (Å²) in [6.07, 6.45) is 5.16. The molecule has 1 aromatic heterocycles. The Balaban J connectivity index is 1.53. The van der Waals surface area contributed by atoms with Gasteiger partial charge in [0.25, 0.3) is 5.91 Å². The van der Waals surface area contributed by atoms with Crippen LogP contribution in [0.1, 0.15) is 24.0 Å². The van der Waals surface area contributed by atoms with Crippen molar-refractivity contribution in [3.05, 3.63) is 53.9 Å². The molecule has 0 aliphatic carbocycles. The minimum atomic E-state index is -0.772. The van der Waals surface area contributed by atoms with E-state index in [2.05, 4.69) is 10.00 Å². The smallest absolute Gasteiger partial charge is 0.328 e. The van der Waals surface area contributed by atoms with Gasteiger partial charge in [0, 0.05) is 52.1 Å². The van der Waals surface area contributed by atoms with Crippen molar-refractivity contribution in [1.82, 2.24) is 24.5 Å². The average Bonchev–Trinajstić information content (AvgIpc) is 3.24. The maximum Gasteiger partial charge on any atom is 0.328 e. The summed E-state index contributed by atoms with van der Waals surface area (Å²) in [7, 11) is 3.49. The number of likely N-dealkylation sites (tertiary alicyclic amines) is 1. The van der Waals surface area contributed by atoms with Crippen LogP contribution in [0.2, 0.25) is 0 Å². The number of carbonyl (C=O) groups is 2. The summed E-state index contributed by atoms with van der Waals surface area (Å²) in [5.74, 6) is -0.0819. The molecule has 4 rings (SSSR count). The Kier molecular flexibility index (Phi) is 5.87. The fourth-order valence-electron chi connectivity index (χ4n) is 4.52. The molecule has 0 atom stereocenters. The number of urea groups is 1. The largest absolute Gasteiger partial charge is 0.383 e. The van der Waals surface area contributed by atoms with Crippen molar-refractivity contribution in [1.29, 1.82) is 0 Å². The SMILES string of the molecule is COCCN1C(=O)N(Cc2ccccc2)C2(CCN(Cc3cnn(C)c3)CC2)C1=O. The van der Waals surface area contributed by atoms with Gasteiger partial charge in [-0.15, -0.1) is 0 Å². The van der Waals surface area contributed by atoms with E-state index in [9.17, 15) is 9.59 Å². The van der Waals surface area contributed by atoms with E-state index in [4.69, 9.17) is 4.74 Å². The summed E-state index contributed by atoms with van der Waals surface area (Å²) in [6, 6.07) is 9.67. The van der Waals surface area contributed by atoms with Crippen LogP contribution in [0.4, 0.5) is 4.79 Å². The number of nitrogens with zero attached hydrogens (tertiary/aromatic N) is 5. The highest BCUT2D eigenvalue weighted by molar-refractivity contribution is 6.07. The van der Waals surface area contributed by atoms with Gasteiger partial charge in [-0.2, -0.15) is 5.10 Å². The van der Waals surface area contributed by atoms with Gasteiger partial charge in [-0.25, -0.2) is 4.79 Å². The number of aromatic nitrogens is 2. The first kappa shape index (κ1) is 20.6. The zero-order valence-electron chi connectivity index (χ0n) is 17.7. The van der Waals surface area contributed by atoms with Gasteiger partial charge in [0.05, 0.1) is 19.3 Å². The van der Waals surface area contributed by atoms with Crippen molar-refractivity contribution in [2.45, 2.75) is 31.5 Å². The molecule has 0 bridgehead atoms. The predicted octanol–water partition coefficient (Wildman–Crippen LogP) is 1.87. The van der Waals surface area contributed by atoms with Gasteiger partial charge in [-0.05, 0) is 18.4 Å². The van der Waals surface area contributed by atoms with Gasteiger partial charge in [0.15, 0.2) is 0 Å². The second-order valence-electron chi connectivity index (χ2n) is 8.13. The van der Waals surface area contributed by atoms with Gasteiger partial charge in [0.1, 0.15) is 5.54 Å². The fourth-order valence-corrected chi connectivity index (χ4v) is 4.52. The number of hydrogen-bond donors (Lipinski definition) is 0. The zero-order chi connectivity index (χ0) is 21.1. The molecule has 1 spiro atoms. The molecule has 0 radical (unpaired) electrons. The molecule has 2 aliphatic heterocycles. The summed E-state index contributed by atoms with van der Waals surface area (Å²) < 4.78 is 6.94. The van der Waals surface area contributed by atoms with E-state index in [-0.39, 0.29) is 11.9 Å². The molecule has 3 amide bonds. The zero-order valence-corrected chi connectivity index (χ0v) is 17.7. The van der Waals surface area contributed by atoms with E-state index in [0.29, 0.717) is 32.5 Å². The monoisotopic (exact) mass is 411 g/mol. The normalized spacial score (nSPS) is 19.3. The topological polar surface area (TPSA) is 70.9 Å². The van der Waals surface area contributed by atoms with Crippen LogP contribution >= 0.6 is 0 Å². The van der Waals surface area contributed by atoms with E-state index < -0.39 is 5.54 Å². The van der Waals surface area contributed by atoms with Crippen LogP contribution in [0, 0.1) is 0 Å². The lowest BCUT2D eigenvalue weighted by Crippen LogP contribution is -2.56. The second-order valence-corrected chi connectivity index (χ2v) is 8.13. The first-order valence-corrected chi connectivity index (χ1v) is 10.4. The first-order valence-electron chi connectivity index (χ1n) is 10.4. The van der Waals surface area contributed by atoms with E-state index in [1.54, 1.807) is 16.7 Å². The number of amides is 3. The van der Waals surface area contributed by atoms with E-state index in [1.807, 2.05) is 49.8 Å². The maximum absolute atomic E-state index is 13.4. The van der Waals surface area contributed by atoms with E-state index >= 15 is 0 Å². The predicted molar refractivity (Wildman–Crippen MR) is 111 cm³/mol. The molecule has 8 heteroatoms. The van der Waals surface area contributed by atoms with Crippen LogP contribution in [0.15, 0.2) is 42.7 Å². The Morgan fingerprint density at radius 1 is 1.07 bits per heavy atom. The number of methoxy groups -OCH3 is 1. The van der Waals surface area contributed by atoms with Gasteiger partial charge < -0.3 is 9.64 Å². The lowest BCUT2D eigenvalue weighted by Gasteiger charge is -2.42. The Bertz CT molecular complexity index is 889. The third-order valence-electron chi connectivity index (χ3n) is 6.17. The molecule has 0 unspecified atom stereocenters. The molecule has 0 saturated carbocycles. The standard InChI is InChI=1S/C22H29N5O3/c1-24-15-19(14-23-24)16-25-10-8-22(9-11-25)20(28)26(12-13-30-2)21(29)27(22)17-18-6-4-3-5-7-18/h3-7,14-15H,8-13,16-17H2,1-2H3. The number of rotatable bonds is 7. The quantitative estimate of drug-likeness (QED) is 0.651. The fraction of sp³-hybridized carbons (Fsp3) is 0.500. The average molecular weight is 412 g/mol. The summed E-state index contributed by atoms with van der Waals surface area (Å²) in [5, 5.41) is 4.24. The van der Waals surface area contributed by atoms with Crippen molar-refractivity contribution >= 4 is 11.9 Å². The molecule has 2 saturated heterocycles. The first-order chi connectivity index (χ1) is 14.5. The Hall–Kier alpha value is -2.71. The Labute approximate surface area is 177 Å². The van der Waals surface area contributed by atoms with Gasteiger partial charge in [-0.1, -0.05) is 30.3 Å². The van der Waals surface area contributed by atoms with E-state index in [1.165, 1.54) is 4.90 Å². The number of benzene rings is 1. The molecule has 2 aromatic rings. The summed E-state index contributed by atoms with van der Waals surface area (Å²) in [4.78, 5) is 32.2. The number of ether oxygens (including phenoxy) is 1. The second kappa shape index (κ2) is 8.57.